The average Bonchev–Trinajstić information content (AvgIpc) is 3.31. The van der Waals surface area contributed by atoms with Crippen molar-refractivity contribution in [3.63, 3.8) is 0 Å². The van der Waals surface area contributed by atoms with E-state index in [4.69, 9.17) is 16.1 Å². The molecule has 138 valence electrons. The largest absolute Gasteiger partial charge is 0.337 e. The quantitative estimate of drug-likeness (QED) is 0.662. The highest BCUT2D eigenvalue weighted by molar-refractivity contribution is 6.30. The molecule has 1 aromatic heterocycles. The maximum Gasteiger partial charge on any atom is 0.249 e. The van der Waals surface area contributed by atoms with E-state index in [0.29, 0.717) is 29.7 Å². The Bertz CT molecular complexity index is 969. The normalized spacial score (nSPS) is 16.7. The van der Waals surface area contributed by atoms with Crippen molar-refractivity contribution in [2.24, 2.45) is 0 Å². The number of likely N-dealkylation sites (tertiary alicyclic amines) is 1. The standard InChI is InChI=1S/C21H20ClN3O2/c1-14-5-2-7-16(11-14)20-23-21(27-24-20)18-9-4-10-25(18)19(26)13-15-6-3-8-17(22)12-15/h2-3,5-8,11-12,18H,4,9-10,13H2,1H3/t18-/m0/s1. The Balaban J connectivity index is 1.52. The van der Waals surface area contributed by atoms with E-state index in [1.165, 1.54) is 0 Å². The Morgan fingerprint density at radius 1 is 1.26 bits per heavy atom. The number of aromatic nitrogens is 2. The van der Waals surface area contributed by atoms with Crippen molar-refractivity contribution >= 4 is 17.5 Å². The Kier molecular flexibility index (Phi) is 4.94. The number of rotatable bonds is 4. The molecule has 27 heavy (non-hydrogen) atoms. The van der Waals surface area contributed by atoms with Crippen molar-refractivity contribution < 1.29 is 9.32 Å². The monoisotopic (exact) mass is 381 g/mol. The third-order valence-corrected chi connectivity index (χ3v) is 5.06. The van der Waals surface area contributed by atoms with Gasteiger partial charge in [0, 0.05) is 17.1 Å². The van der Waals surface area contributed by atoms with Crippen molar-refractivity contribution in [3.05, 3.63) is 70.6 Å². The molecule has 6 heteroatoms. The molecule has 2 aromatic carbocycles. The summed E-state index contributed by atoms with van der Waals surface area (Å²) in [7, 11) is 0. The second-order valence-electron chi connectivity index (χ2n) is 6.88. The van der Waals surface area contributed by atoms with Crippen LogP contribution in [0.15, 0.2) is 53.1 Å². The predicted molar refractivity (Wildman–Crippen MR) is 103 cm³/mol. The lowest BCUT2D eigenvalue weighted by atomic mass is 10.1. The van der Waals surface area contributed by atoms with Gasteiger partial charge in [-0.1, -0.05) is 52.7 Å². The van der Waals surface area contributed by atoms with Gasteiger partial charge in [-0.15, -0.1) is 0 Å². The first-order chi connectivity index (χ1) is 13.1. The van der Waals surface area contributed by atoms with Gasteiger partial charge in [-0.2, -0.15) is 4.98 Å². The second kappa shape index (κ2) is 7.53. The third-order valence-electron chi connectivity index (χ3n) is 4.82. The van der Waals surface area contributed by atoms with Crippen molar-refractivity contribution in [2.45, 2.75) is 32.2 Å². The van der Waals surface area contributed by atoms with E-state index in [2.05, 4.69) is 10.1 Å². The number of hydrogen-bond donors (Lipinski definition) is 0. The van der Waals surface area contributed by atoms with E-state index in [0.717, 1.165) is 29.5 Å². The molecular formula is C21H20ClN3O2. The number of carbonyl (C=O) groups is 1. The van der Waals surface area contributed by atoms with Crippen LogP contribution in [0.5, 0.6) is 0 Å². The summed E-state index contributed by atoms with van der Waals surface area (Å²) in [6.45, 7) is 2.73. The lowest BCUT2D eigenvalue weighted by Crippen LogP contribution is -2.32. The number of aryl methyl sites for hydroxylation is 1. The first kappa shape index (κ1) is 17.7. The zero-order chi connectivity index (χ0) is 18.8. The maximum atomic E-state index is 12.8. The summed E-state index contributed by atoms with van der Waals surface area (Å²) >= 11 is 6.03. The van der Waals surface area contributed by atoms with Gasteiger partial charge in [0.1, 0.15) is 6.04 Å². The highest BCUT2D eigenvalue weighted by atomic mass is 35.5. The van der Waals surface area contributed by atoms with E-state index >= 15 is 0 Å². The van der Waals surface area contributed by atoms with Gasteiger partial charge in [0.05, 0.1) is 6.42 Å². The molecule has 0 unspecified atom stereocenters. The molecule has 0 aliphatic carbocycles. The number of carbonyl (C=O) groups excluding carboxylic acids is 1. The Labute approximate surface area is 163 Å². The smallest absolute Gasteiger partial charge is 0.249 e. The first-order valence-electron chi connectivity index (χ1n) is 9.05. The van der Waals surface area contributed by atoms with Crippen LogP contribution in [0.3, 0.4) is 0 Å². The summed E-state index contributed by atoms with van der Waals surface area (Å²) in [5, 5.41) is 4.76. The summed E-state index contributed by atoms with van der Waals surface area (Å²) < 4.78 is 5.52. The third kappa shape index (κ3) is 3.88. The fourth-order valence-corrected chi connectivity index (χ4v) is 3.73. The molecule has 0 spiro atoms. The highest BCUT2D eigenvalue weighted by Gasteiger charge is 2.34. The van der Waals surface area contributed by atoms with Gasteiger partial charge >= 0.3 is 0 Å². The molecule has 1 saturated heterocycles. The number of benzene rings is 2. The van der Waals surface area contributed by atoms with Crippen LogP contribution in [0.25, 0.3) is 11.4 Å². The lowest BCUT2D eigenvalue weighted by Gasteiger charge is -2.22. The molecule has 3 aromatic rings. The molecule has 0 saturated carbocycles. The van der Waals surface area contributed by atoms with Crippen LogP contribution in [-0.2, 0) is 11.2 Å². The van der Waals surface area contributed by atoms with Gasteiger partial charge in [0.2, 0.25) is 17.6 Å². The minimum Gasteiger partial charge on any atom is -0.337 e. The molecule has 1 amide bonds. The van der Waals surface area contributed by atoms with Crippen LogP contribution in [0.4, 0.5) is 0 Å². The molecular weight excluding hydrogens is 362 g/mol. The average molecular weight is 382 g/mol. The molecule has 0 N–H and O–H groups in total. The van der Waals surface area contributed by atoms with Crippen LogP contribution in [0.1, 0.15) is 35.9 Å². The number of amides is 1. The molecule has 1 aliphatic rings. The summed E-state index contributed by atoms with van der Waals surface area (Å²) in [5.41, 5.74) is 2.96. The Hall–Kier alpha value is -2.66. The summed E-state index contributed by atoms with van der Waals surface area (Å²) in [5.74, 6) is 1.11. The van der Waals surface area contributed by atoms with Crippen LogP contribution in [0, 0.1) is 6.92 Å². The number of nitrogens with zero attached hydrogens (tertiary/aromatic N) is 3. The molecule has 5 nitrogen and oxygen atoms in total. The first-order valence-corrected chi connectivity index (χ1v) is 9.42. The maximum absolute atomic E-state index is 12.8. The summed E-state index contributed by atoms with van der Waals surface area (Å²) in [6, 6.07) is 15.2. The molecule has 1 atom stereocenters. The molecule has 1 aliphatic heterocycles. The van der Waals surface area contributed by atoms with Gasteiger partial charge < -0.3 is 9.42 Å². The van der Waals surface area contributed by atoms with Crippen LogP contribution >= 0.6 is 11.6 Å². The van der Waals surface area contributed by atoms with Crippen molar-refractivity contribution in [1.29, 1.82) is 0 Å². The van der Waals surface area contributed by atoms with Crippen LogP contribution < -0.4 is 0 Å². The van der Waals surface area contributed by atoms with Crippen molar-refractivity contribution in [1.82, 2.24) is 15.0 Å². The van der Waals surface area contributed by atoms with Crippen molar-refractivity contribution in [3.8, 4) is 11.4 Å². The molecule has 4 rings (SSSR count). The van der Waals surface area contributed by atoms with Gasteiger partial charge in [0.15, 0.2) is 0 Å². The Morgan fingerprint density at radius 3 is 2.93 bits per heavy atom. The second-order valence-corrected chi connectivity index (χ2v) is 7.31. The fourth-order valence-electron chi connectivity index (χ4n) is 3.52. The van der Waals surface area contributed by atoms with Gasteiger partial charge in [0.25, 0.3) is 0 Å². The zero-order valence-electron chi connectivity index (χ0n) is 15.1. The zero-order valence-corrected chi connectivity index (χ0v) is 15.8. The number of halogens is 1. The molecule has 0 bridgehead atoms. The molecule has 2 heterocycles. The fraction of sp³-hybridized carbons (Fsp3) is 0.286. The topological polar surface area (TPSA) is 59.2 Å². The van der Waals surface area contributed by atoms with E-state index < -0.39 is 0 Å². The van der Waals surface area contributed by atoms with Gasteiger partial charge in [-0.3, -0.25) is 4.79 Å². The minimum atomic E-state index is -0.164. The number of hydrogen-bond acceptors (Lipinski definition) is 4. The van der Waals surface area contributed by atoms with E-state index in [9.17, 15) is 4.79 Å². The lowest BCUT2D eigenvalue weighted by molar-refractivity contribution is -0.131. The predicted octanol–water partition coefficient (Wildman–Crippen LogP) is 4.60. The van der Waals surface area contributed by atoms with E-state index in [1.807, 2.05) is 54.3 Å². The van der Waals surface area contributed by atoms with Crippen molar-refractivity contribution in [2.75, 3.05) is 6.54 Å². The van der Waals surface area contributed by atoms with Gasteiger partial charge in [-0.25, -0.2) is 0 Å². The summed E-state index contributed by atoms with van der Waals surface area (Å²) in [4.78, 5) is 19.2. The molecule has 0 radical (unpaired) electrons. The van der Waals surface area contributed by atoms with E-state index in [-0.39, 0.29) is 11.9 Å². The summed E-state index contributed by atoms with van der Waals surface area (Å²) in [6.07, 6.45) is 2.07. The van der Waals surface area contributed by atoms with Crippen LogP contribution in [0.2, 0.25) is 5.02 Å². The minimum absolute atomic E-state index is 0.0510. The highest BCUT2D eigenvalue weighted by Crippen LogP contribution is 2.32. The molecule has 1 fully saturated rings. The van der Waals surface area contributed by atoms with Crippen LogP contribution in [-0.4, -0.2) is 27.5 Å². The van der Waals surface area contributed by atoms with Gasteiger partial charge in [-0.05, 0) is 43.5 Å². The Morgan fingerprint density at radius 2 is 2.11 bits per heavy atom. The van der Waals surface area contributed by atoms with E-state index in [1.54, 1.807) is 6.07 Å². The SMILES string of the molecule is Cc1cccc(-c2noc([C@@H]3CCCN3C(=O)Cc3cccc(Cl)c3)n2)c1.